The lowest BCUT2D eigenvalue weighted by Crippen LogP contribution is -2.14. The minimum absolute atomic E-state index is 0.114. The Morgan fingerprint density at radius 3 is 2.80 bits per heavy atom. The van der Waals surface area contributed by atoms with Gasteiger partial charge in [0.25, 0.3) is 0 Å². The third-order valence-corrected chi connectivity index (χ3v) is 2.03. The van der Waals surface area contributed by atoms with E-state index in [2.05, 4.69) is 0 Å². The summed E-state index contributed by atoms with van der Waals surface area (Å²) >= 11 is 5.91. The molecule has 0 aliphatic carbocycles. The molecule has 4 heteroatoms. The zero-order valence-electron chi connectivity index (χ0n) is 8.75. The number of benzene rings is 1. The van der Waals surface area contributed by atoms with E-state index in [9.17, 15) is 4.79 Å². The molecular formula is C11H13ClO3. The Labute approximate surface area is 93.9 Å². The van der Waals surface area contributed by atoms with Crippen molar-refractivity contribution in [3.05, 3.63) is 28.8 Å². The van der Waals surface area contributed by atoms with Gasteiger partial charge < -0.3 is 9.47 Å². The van der Waals surface area contributed by atoms with Gasteiger partial charge in [-0.3, -0.25) is 0 Å². The summed E-state index contributed by atoms with van der Waals surface area (Å²) < 4.78 is 9.92. The zero-order chi connectivity index (χ0) is 11.3. The van der Waals surface area contributed by atoms with Crippen LogP contribution < -0.4 is 4.74 Å². The third-order valence-electron chi connectivity index (χ3n) is 1.74. The molecule has 82 valence electrons. The van der Waals surface area contributed by atoms with Crippen molar-refractivity contribution >= 4 is 17.6 Å². The fraction of sp³-hybridized carbons (Fsp3) is 0.364. The van der Waals surface area contributed by atoms with Crippen LogP contribution in [0.3, 0.4) is 0 Å². The highest BCUT2D eigenvalue weighted by atomic mass is 35.5. The van der Waals surface area contributed by atoms with Gasteiger partial charge in [-0.25, -0.2) is 4.79 Å². The maximum Gasteiger partial charge on any atom is 0.344 e. The van der Waals surface area contributed by atoms with Crippen LogP contribution in [0.4, 0.5) is 0 Å². The average molecular weight is 229 g/mol. The SMILES string of the molecule is CCOC(=O)COc1ccc(C)cc1Cl. The molecule has 15 heavy (non-hydrogen) atoms. The molecule has 0 spiro atoms. The van der Waals surface area contributed by atoms with Crippen molar-refractivity contribution in [2.75, 3.05) is 13.2 Å². The molecule has 0 unspecified atom stereocenters. The molecule has 0 aromatic heterocycles. The van der Waals surface area contributed by atoms with Crippen molar-refractivity contribution in [1.29, 1.82) is 0 Å². The number of aryl methyl sites for hydroxylation is 1. The Balaban J connectivity index is 2.54. The number of rotatable bonds is 4. The van der Waals surface area contributed by atoms with Gasteiger partial charge in [-0.05, 0) is 31.5 Å². The lowest BCUT2D eigenvalue weighted by Gasteiger charge is -2.07. The molecule has 0 aliphatic rings. The second kappa shape index (κ2) is 5.61. The van der Waals surface area contributed by atoms with Gasteiger partial charge in [-0.2, -0.15) is 0 Å². The van der Waals surface area contributed by atoms with Gasteiger partial charge >= 0.3 is 5.97 Å². The van der Waals surface area contributed by atoms with Crippen molar-refractivity contribution in [3.63, 3.8) is 0 Å². The van der Waals surface area contributed by atoms with Crippen molar-refractivity contribution in [2.24, 2.45) is 0 Å². The summed E-state index contributed by atoms with van der Waals surface area (Å²) in [6.45, 7) is 3.91. The molecule has 0 radical (unpaired) electrons. The number of hydrogen-bond donors (Lipinski definition) is 0. The molecule has 1 rings (SSSR count). The average Bonchev–Trinajstić information content (AvgIpc) is 2.17. The summed E-state index contributed by atoms with van der Waals surface area (Å²) in [7, 11) is 0. The second-order valence-corrected chi connectivity index (χ2v) is 3.43. The molecular weight excluding hydrogens is 216 g/mol. The van der Waals surface area contributed by atoms with E-state index in [1.165, 1.54) is 0 Å². The number of carbonyl (C=O) groups is 1. The van der Waals surface area contributed by atoms with E-state index in [1.807, 2.05) is 13.0 Å². The molecule has 3 nitrogen and oxygen atoms in total. The van der Waals surface area contributed by atoms with E-state index in [-0.39, 0.29) is 6.61 Å². The minimum atomic E-state index is -0.394. The van der Waals surface area contributed by atoms with Crippen molar-refractivity contribution in [3.8, 4) is 5.75 Å². The van der Waals surface area contributed by atoms with Crippen LogP contribution in [0.5, 0.6) is 5.75 Å². The Kier molecular flexibility index (Phi) is 4.43. The van der Waals surface area contributed by atoms with Crippen molar-refractivity contribution < 1.29 is 14.3 Å². The molecule has 0 amide bonds. The zero-order valence-corrected chi connectivity index (χ0v) is 9.50. The monoisotopic (exact) mass is 228 g/mol. The molecule has 1 aromatic carbocycles. The Morgan fingerprint density at radius 2 is 2.20 bits per heavy atom. The molecule has 0 saturated heterocycles. The lowest BCUT2D eigenvalue weighted by atomic mass is 10.2. The van der Waals surface area contributed by atoms with E-state index < -0.39 is 5.97 Å². The highest BCUT2D eigenvalue weighted by Crippen LogP contribution is 2.24. The molecule has 0 fully saturated rings. The van der Waals surface area contributed by atoms with Gasteiger partial charge in [0.1, 0.15) is 5.75 Å². The Hall–Kier alpha value is -1.22. The Morgan fingerprint density at radius 1 is 1.47 bits per heavy atom. The summed E-state index contributed by atoms with van der Waals surface area (Å²) in [5, 5.41) is 0.499. The van der Waals surface area contributed by atoms with Gasteiger partial charge in [-0.15, -0.1) is 0 Å². The normalized spacial score (nSPS) is 9.80. The highest BCUT2D eigenvalue weighted by molar-refractivity contribution is 6.32. The summed E-state index contributed by atoms with van der Waals surface area (Å²) in [5.74, 6) is 0.101. The van der Waals surface area contributed by atoms with Crippen LogP contribution >= 0.6 is 11.6 Å². The van der Waals surface area contributed by atoms with Crippen molar-refractivity contribution in [1.82, 2.24) is 0 Å². The summed E-state index contributed by atoms with van der Waals surface area (Å²) in [5.41, 5.74) is 1.04. The van der Waals surface area contributed by atoms with Crippen LogP contribution in [0.2, 0.25) is 5.02 Å². The predicted octanol–water partition coefficient (Wildman–Crippen LogP) is 2.59. The molecule has 0 heterocycles. The van der Waals surface area contributed by atoms with Gasteiger partial charge in [-0.1, -0.05) is 17.7 Å². The first kappa shape index (κ1) is 11.9. The third kappa shape index (κ3) is 3.80. The van der Waals surface area contributed by atoms with Crippen LogP contribution in [0.1, 0.15) is 12.5 Å². The first-order valence-corrected chi connectivity index (χ1v) is 5.06. The molecule has 0 bridgehead atoms. The van der Waals surface area contributed by atoms with Crippen LogP contribution in [0.25, 0.3) is 0 Å². The van der Waals surface area contributed by atoms with Gasteiger partial charge in [0.05, 0.1) is 11.6 Å². The van der Waals surface area contributed by atoms with Crippen molar-refractivity contribution in [2.45, 2.75) is 13.8 Å². The topological polar surface area (TPSA) is 35.5 Å². The van der Waals surface area contributed by atoms with E-state index in [1.54, 1.807) is 19.1 Å². The summed E-state index contributed by atoms with van der Waals surface area (Å²) in [6.07, 6.45) is 0. The highest BCUT2D eigenvalue weighted by Gasteiger charge is 2.05. The number of esters is 1. The fourth-order valence-corrected chi connectivity index (χ4v) is 1.35. The molecule has 0 aliphatic heterocycles. The first-order valence-electron chi connectivity index (χ1n) is 4.68. The minimum Gasteiger partial charge on any atom is -0.480 e. The molecule has 0 N–H and O–H groups in total. The van der Waals surface area contributed by atoms with Crippen LogP contribution in [0.15, 0.2) is 18.2 Å². The molecule has 0 atom stereocenters. The number of halogens is 1. The fourth-order valence-electron chi connectivity index (χ4n) is 1.06. The first-order chi connectivity index (χ1) is 7.13. The number of ether oxygens (including phenoxy) is 2. The van der Waals surface area contributed by atoms with Crippen LogP contribution in [-0.2, 0) is 9.53 Å². The second-order valence-electron chi connectivity index (χ2n) is 3.03. The van der Waals surface area contributed by atoms with Gasteiger partial charge in [0.15, 0.2) is 6.61 Å². The van der Waals surface area contributed by atoms with E-state index in [4.69, 9.17) is 21.1 Å². The van der Waals surface area contributed by atoms with Gasteiger partial charge in [0.2, 0.25) is 0 Å². The predicted molar refractivity (Wildman–Crippen MR) is 58.3 cm³/mol. The van der Waals surface area contributed by atoms with Crippen LogP contribution in [0, 0.1) is 6.92 Å². The lowest BCUT2D eigenvalue weighted by molar-refractivity contribution is -0.145. The molecule has 0 saturated carbocycles. The standard InChI is InChI=1S/C11H13ClO3/c1-3-14-11(13)7-15-10-5-4-8(2)6-9(10)12/h4-6H,3,7H2,1-2H3. The van der Waals surface area contributed by atoms with Crippen LogP contribution in [-0.4, -0.2) is 19.2 Å². The van der Waals surface area contributed by atoms with E-state index in [0.717, 1.165) is 5.56 Å². The Bertz CT molecular complexity index is 350. The quantitative estimate of drug-likeness (QED) is 0.743. The summed E-state index contributed by atoms with van der Waals surface area (Å²) in [4.78, 5) is 11.0. The van der Waals surface area contributed by atoms with E-state index in [0.29, 0.717) is 17.4 Å². The van der Waals surface area contributed by atoms with E-state index >= 15 is 0 Å². The maximum atomic E-state index is 11.0. The largest absolute Gasteiger partial charge is 0.480 e. The summed E-state index contributed by atoms with van der Waals surface area (Å²) in [6, 6.07) is 5.38. The maximum absolute atomic E-state index is 11.0. The molecule has 1 aromatic rings. The van der Waals surface area contributed by atoms with Gasteiger partial charge in [0, 0.05) is 0 Å². The number of hydrogen-bond acceptors (Lipinski definition) is 3. The smallest absolute Gasteiger partial charge is 0.344 e. The number of carbonyl (C=O) groups excluding carboxylic acids is 1.